The summed E-state index contributed by atoms with van der Waals surface area (Å²) in [7, 11) is 0. The second-order valence-corrected chi connectivity index (χ2v) is 5.74. The molecule has 0 saturated heterocycles. The highest BCUT2D eigenvalue weighted by molar-refractivity contribution is 9.10. The van der Waals surface area contributed by atoms with Gasteiger partial charge in [-0.2, -0.15) is 0 Å². The van der Waals surface area contributed by atoms with Crippen molar-refractivity contribution < 1.29 is 9.59 Å². The number of nitrogens with one attached hydrogen (secondary N) is 1. The Morgan fingerprint density at radius 1 is 1.33 bits per heavy atom. The van der Waals surface area contributed by atoms with Crippen LogP contribution in [0.15, 0.2) is 16.7 Å². The predicted molar refractivity (Wildman–Crippen MR) is 89.2 cm³/mol. The van der Waals surface area contributed by atoms with Gasteiger partial charge in [-0.3, -0.25) is 9.59 Å². The maximum atomic E-state index is 9.97. The number of amides is 2. The molecule has 5 nitrogen and oxygen atoms in total. The van der Waals surface area contributed by atoms with Crippen molar-refractivity contribution in [3.05, 3.63) is 21.8 Å². The molecule has 1 aliphatic carbocycles. The summed E-state index contributed by atoms with van der Waals surface area (Å²) in [6.07, 6.45) is 11.0. The summed E-state index contributed by atoms with van der Waals surface area (Å²) in [4.78, 5) is 23.0. The summed E-state index contributed by atoms with van der Waals surface area (Å²) in [6.45, 7) is 1.31. The van der Waals surface area contributed by atoms with E-state index in [-0.39, 0.29) is 5.91 Å². The van der Waals surface area contributed by atoms with E-state index in [1.165, 1.54) is 51.6 Å². The van der Waals surface area contributed by atoms with Gasteiger partial charge in [0.2, 0.25) is 12.3 Å². The SMILES string of the molecule is C1CCCCC1.CC(N)=O.O=CNc1cc(Br)c(Cl)cn1. The zero-order chi connectivity index (χ0) is 16.1. The molecule has 3 N–H and O–H groups in total. The first-order valence-corrected chi connectivity index (χ1v) is 7.91. The number of rotatable bonds is 2. The first-order chi connectivity index (χ1) is 9.97. The van der Waals surface area contributed by atoms with Gasteiger partial charge in [-0.25, -0.2) is 4.98 Å². The molecule has 1 aromatic rings. The third kappa shape index (κ3) is 12.3. The number of carbonyl (C=O) groups excluding carboxylic acids is 2. The molecule has 7 heteroatoms. The van der Waals surface area contributed by atoms with E-state index in [1.807, 2.05) is 0 Å². The number of nitrogens with two attached hydrogens (primary N) is 1. The van der Waals surface area contributed by atoms with Gasteiger partial charge in [-0.1, -0.05) is 50.1 Å². The fourth-order valence-electron chi connectivity index (χ4n) is 1.61. The highest BCUT2D eigenvalue weighted by atomic mass is 79.9. The second kappa shape index (κ2) is 12.6. The molecule has 0 spiro atoms. The van der Waals surface area contributed by atoms with E-state index in [4.69, 9.17) is 11.6 Å². The molecule has 1 saturated carbocycles. The summed E-state index contributed by atoms with van der Waals surface area (Å²) >= 11 is 8.84. The number of hydrogen-bond acceptors (Lipinski definition) is 3. The highest BCUT2D eigenvalue weighted by Gasteiger charge is 1.98. The molecule has 118 valence electrons. The van der Waals surface area contributed by atoms with Crippen molar-refractivity contribution in [1.82, 2.24) is 4.98 Å². The fraction of sp³-hybridized carbons (Fsp3) is 0.500. The lowest BCUT2D eigenvalue weighted by Crippen LogP contribution is -2.01. The molecular weight excluding hydrogens is 358 g/mol. The van der Waals surface area contributed by atoms with Crippen LogP contribution in [-0.2, 0) is 9.59 Å². The van der Waals surface area contributed by atoms with E-state index in [2.05, 4.69) is 32.0 Å². The summed E-state index contributed by atoms with van der Waals surface area (Å²) in [5.74, 6) is 0.135. The molecule has 21 heavy (non-hydrogen) atoms. The third-order valence-electron chi connectivity index (χ3n) is 2.52. The Bertz CT molecular complexity index is 425. The number of aromatic nitrogens is 1. The maximum absolute atomic E-state index is 9.97. The Morgan fingerprint density at radius 3 is 2.10 bits per heavy atom. The molecule has 0 aromatic carbocycles. The van der Waals surface area contributed by atoms with E-state index in [0.29, 0.717) is 21.7 Å². The Morgan fingerprint density at radius 2 is 1.76 bits per heavy atom. The summed E-state index contributed by atoms with van der Waals surface area (Å²) in [5, 5.41) is 2.91. The molecule has 1 aromatic heterocycles. The zero-order valence-electron chi connectivity index (χ0n) is 12.1. The topological polar surface area (TPSA) is 85.1 Å². The zero-order valence-corrected chi connectivity index (χ0v) is 14.4. The number of nitrogens with zero attached hydrogens (tertiary/aromatic N) is 1. The van der Waals surface area contributed by atoms with Gasteiger partial charge in [0.25, 0.3) is 0 Å². The Labute approximate surface area is 138 Å². The summed E-state index contributed by atoms with van der Waals surface area (Å²) in [6, 6.07) is 1.62. The number of hydrogen-bond donors (Lipinski definition) is 2. The monoisotopic (exact) mass is 377 g/mol. The molecule has 1 aliphatic rings. The number of carbonyl (C=O) groups is 2. The van der Waals surface area contributed by atoms with Crippen LogP contribution in [0.1, 0.15) is 45.4 Å². The van der Waals surface area contributed by atoms with Crippen LogP contribution in [0, 0.1) is 0 Å². The molecular formula is C14H21BrClN3O2. The van der Waals surface area contributed by atoms with Crippen molar-refractivity contribution in [2.24, 2.45) is 5.73 Å². The van der Waals surface area contributed by atoms with Crippen LogP contribution in [0.25, 0.3) is 0 Å². The first kappa shape index (κ1) is 19.9. The Kier molecular flexibility index (Phi) is 11.9. The Hall–Kier alpha value is -1.14. The first-order valence-electron chi connectivity index (χ1n) is 6.74. The molecule has 2 rings (SSSR count). The van der Waals surface area contributed by atoms with E-state index in [0.717, 1.165) is 0 Å². The molecule has 2 amide bonds. The molecule has 0 aliphatic heterocycles. The lowest BCUT2D eigenvalue weighted by Gasteiger charge is -2.05. The third-order valence-corrected chi connectivity index (χ3v) is 3.70. The Balaban J connectivity index is 0.000000335. The van der Waals surface area contributed by atoms with Gasteiger partial charge in [0.15, 0.2) is 0 Å². The highest BCUT2D eigenvalue weighted by Crippen LogP contribution is 2.22. The van der Waals surface area contributed by atoms with Gasteiger partial charge < -0.3 is 11.1 Å². The average Bonchev–Trinajstić information content (AvgIpc) is 2.45. The van der Waals surface area contributed by atoms with E-state index in [1.54, 1.807) is 6.07 Å². The van der Waals surface area contributed by atoms with Gasteiger partial charge in [-0.15, -0.1) is 0 Å². The van der Waals surface area contributed by atoms with Crippen LogP contribution in [0.2, 0.25) is 5.02 Å². The van der Waals surface area contributed by atoms with Gasteiger partial charge >= 0.3 is 0 Å². The average molecular weight is 379 g/mol. The molecule has 1 fully saturated rings. The van der Waals surface area contributed by atoms with Crippen molar-refractivity contribution in [1.29, 1.82) is 0 Å². The van der Waals surface area contributed by atoms with Gasteiger partial charge in [-0.05, 0) is 22.0 Å². The minimum Gasteiger partial charge on any atom is -0.370 e. The van der Waals surface area contributed by atoms with Gasteiger partial charge in [0.05, 0.1) is 5.02 Å². The van der Waals surface area contributed by atoms with Crippen LogP contribution < -0.4 is 11.1 Å². The molecule has 1 heterocycles. The van der Waals surface area contributed by atoms with E-state index < -0.39 is 0 Å². The van der Waals surface area contributed by atoms with Crippen LogP contribution in [0.4, 0.5) is 5.82 Å². The van der Waals surface area contributed by atoms with Crippen LogP contribution >= 0.6 is 27.5 Å². The van der Waals surface area contributed by atoms with Crippen LogP contribution in [0.5, 0.6) is 0 Å². The summed E-state index contributed by atoms with van der Waals surface area (Å²) in [5.41, 5.74) is 4.47. The van der Waals surface area contributed by atoms with Crippen molar-refractivity contribution in [3.8, 4) is 0 Å². The lowest BCUT2D eigenvalue weighted by molar-refractivity contribution is -0.116. The van der Waals surface area contributed by atoms with Crippen molar-refractivity contribution in [3.63, 3.8) is 0 Å². The molecule has 0 radical (unpaired) electrons. The fourth-order valence-corrected chi connectivity index (χ4v) is 2.04. The number of anilines is 1. The molecule has 0 bridgehead atoms. The number of primary amides is 1. The predicted octanol–water partition coefficient (Wildman–Crippen LogP) is 3.90. The number of halogens is 2. The smallest absolute Gasteiger partial charge is 0.214 e. The molecule has 0 unspecified atom stereocenters. The number of pyridine rings is 1. The largest absolute Gasteiger partial charge is 0.370 e. The van der Waals surface area contributed by atoms with Crippen molar-refractivity contribution >= 4 is 45.7 Å². The van der Waals surface area contributed by atoms with Crippen molar-refractivity contribution in [2.45, 2.75) is 45.4 Å². The maximum Gasteiger partial charge on any atom is 0.214 e. The van der Waals surface area contributed by atoms with Gasteiger partial charge in [0.1, 0.15) is 5.82 Å². The normalized spacial score (nSPS) is 12.9. The van der Waals surface area contributed by atoms with E-state index in [9.17, 15) is 9.59 Å². The lowest BCUT2D eigenvalue weighted by atomic mass is 10.0. The molecule has 0 atom stereocenters. The quantitative estimate of drug-likeness (QED) is 0.765. The van der Waals surface area contributed by atoms with Crippen molar-refractivity contribution in [2.75, 3.05) is 5.32 Å². The van der Waals surface area contributed by atoms with E-state index >= 15 is 0 Å². The minimum absolute atomic E-state index is 0.333. The minimum atomic E-state index is -0.333. The van der Waals surface area contributed by atoms with Crippen LogP contribution in [-0.4, -0.2) is 17.3 Å². The van der Waals surface area contributed by atoms with Gasteiger partial charge in [0, 0.05) is 17.6 Å². The standard InChI is InChI=1S/C6H4BrClN2O.C6H12.C2H5NO/c7-4-1-6(10-3-11)9-2-5(4)8;1-2-4-6-5-3-1;1-2(3)4/h1-3H,(H,9,10,11);1-6H2;1H3,(H2,3,4). The second-order valence-electron chi connectivity index (χ2n) is 4.48. The summed E-state index contributed by atoms with van der Waals surface area (Å²) < 4.78 is 0.707. The van der Waals surface area contributed by atoms with Crippen LogP contribution in [0.3, 0.4) is 0 Å².